The van der Waals surface area contributed by atoms with E-state index >= 15 is 0 Å². The second-order valence-electron chi connectivity index (χ2n) is 5.94. The Kier molecular flexibility index (Phi) is 5.81. The first-order valence-corrected chi connectivity index (χ1v) is 8.54. The number of hydrogen-bond donors (Lipinski definition) is 3. The predicted molar refractivity (Wildman–Crippen MR) is 106 cm³/mol. The number of para-hydroxylation sites is 1. The summed E-state index contributed by atoms with van der Waals surface area (Å²) in [6, 6.07) is 17.3. The maximum atomic E-state index is 12.0. The lowest BCUT2D eigenvalue weighted by atomic mass is 10.1. The molecule has 0 unspecified atom stereocenters. The summed E-state index contributed by atoms with van der Waals surface area (Å²) in [5, 5.41) is 12.9. The first kappa shape index (κ1) is 18.8. The molecule has 0 spiro atoms. The summed E-state index contributed by atoms with van der Waals surface area (Å²) in [7, 11) is 0. The second-order valence-corrected chi connectivity index (χ2v) is 5.94. The van der Waals surface area contributed by atoms with Crippen molar-refractivity contribution < 1.29 is 9.90 Å². The van der Waals surface area contributed by atoms with Crippen LogP contribution in [0.3, 0.4) is 0 Å². The van der Waals surface area contributed by atoms with Crippen molar-refractivity contribution in [2.24, 2.45) is 4.99 Å². The van der Waals surface area contributed by atoms with Crippen molar-refractivity contribution in [3.63, 3.8) is 0 Å². The molecule has 1 heterocycles. The Morgan fingerprint density at radius 3 is 2.39 bits per heavy atom. The Morgan fingerprint density at radius 1 is 1.07 bits per heavy atom. The number of amides is 2. The third-order valence-electron chi connectivity index (χ3n) is 4.01. The molecule has 2 aromatic carbocycles. The molecule has 3 rings (SSSR count). The quantitative estimate of drug-likeness (QED) is 0.590. The van der Waals surface area contributed by atoms with Crippen molar-refractivity contribution >= 4 is 17.9 Å². The summed E-state index contributed by atoms with van der Waals surface area (Å²) in [6.45, 7) is 0.155. The molecule has 3 aromatic rings. The molecule has 0 fully saturated rings. The van der Waals surface area contributed by atoms with Crippen LogP contribution in [0, 0.1) is 0 Å². The lowest BCUT2D eigenvalue weighted by Gasteiger charge is -2.09. The van der Waals surface area contributed by atoms with Crippen LogP contribution in [0.5, 0.6) is 5.88 Å². The molecule has 0 aliphatic carbocycles. The van der Waals surface area contributed by atoms with Crippen LogP contribution in [-0.2, 0) is 13.0 Å². The van der Waals surface area contributed by atoms with Gasteiger partial charge in [-0.25, -0.2) is 14.6 Å². The standard InChI is InChI=1S/C20H18N4O4/c25-17-16(13-21-19(27)22-15-9-5-2-6-10-15)18(26)24(20(28)23-17)12-11-14-7-3-1-4-8-14/h1-10,13,26H,11-12H2,(H,22,27)(H,23,25,28). The summed E-state index contributed by atoms with van der Waals surface area (Å²) in [5.41, 5.74) is -0.317. The van der Waals surface area contributed by atoms with Crippen LogP contribution in [-0.4, -0.2) is 26.9 Å². The minimum absolute atomic E-state index is 0.155. The zero-order chi connectivity index (χ0) is 19.9. The molecular weight excluding hydrogens is 360 g/mol. The van der Waals surface area contributed by atoms with Crippen molar-refractivity contribution in [1.82, 2.24) is 9.55 Å². The second kappa shape index (κ2) is 8.63. The predicted octanol–water partition coefficient (Wildman–Crippen LogP) is 2.14. The molecule has 28 heavy (non-hydrogen) atoms. The van der Waals surface area contributed by atoms with Gasteiger partial charge in [-0.1, -0.05) is 48.5 Å². The van der Waals surface area contributed by atoms with Crippen molar-refractivity contribution in [3.05, 3.63) is 92.6 Å². The molecule has 0 radical (unpaired) electrons. The highest BCUT2D eigenvalue weighted by atomic mass is 16.3. The van der Waals surface area contributed by atoms with E-state index in [-0.39, 0.29) is 12.1 Å². The zero-order valence-corrected chi connectivity index (χ0v) is 14.8. The largest absolute Gasteiger partial charge is 0.494 e. The fourth-order valence-corrected chi connectivity index (χ4v) is 2.58. The van der Waals surface area contributed by atoms with Gasteiger partial charge in [-0.2, -0.15) is 0 Å². The monoisotopic (exact) mass is 378 g/mol. The first-order valence-electron chi connectivity index (χ1n) is 8.54. The Labute approximate surface area is 159 Å². The van der Waals surface area contributed by atoms with Gasteiger partial charge in [-0.05, 0) is 24.1 Å². The molecule has 3 N–H and O–H groups in total. The number of hydrogen-bond acceptors (Lipinski definition) is 4. The van der Waals surface area contributed by atoms with E-state index in [1.807, 2.05) is 30.3 Å². The lowest BCUT2D eigenvalue weighted by molar-refractivity contribution is 0.259. The molecule has 0 aliphatic heterocycles. The van der Waals surface area contributed by atoms with E-state index in [1.54, 1.807) is 30.3 Å². The minimum atomic E-state index is -0.824. The summed E-state index contributed by atoms with van der Waals surface area (Å²) < 4.78 is 1.03. The fourth-order valence-electron chi connectivity index (χ4n) is 2.58. The minimum Gasteiger partial charge on any atom is -0.494 e. The molecule has 0 atom stereocenters. The first-order chi connectivity index (χ1) is 13.5. The van der Waals surface area contributed by atoms with Gasteiger partial charge in [0.1, 0.15) is 5.56 Å². The normalized spacial score (nSPS) is 10.9. The SMILES string of the molecule is O=C(N=Cc1c(O)n(CCc2ccccc2)c(=O)[nH]c1=O)Nc1ccccc1. The van der Waals surface area contributed by atoms with E-state index in [2.05, 4.69) is 15.3 Å². The van der Waals surface area contributed by atoms with E-state index in [4.69, 9.17) is 0 Å². The van der Waals surface area contributed by atoms with Crippen molar-refractivity contribution in [2.75, 3.05) is 5.32 Å². The lowest BCUT2D eigenvalue weighted by Crippen LogP contribution is -2.32. The topological polar surface area (TPSA) is 117 Å². The number of nitrogens with zero attached hydrogens (tertiary/aromatic N) is 2. The van der Waals surface area contributed by atoms with Gasteiger partial charge < -0.3 is 10.4 Å². The number of aromatic hydroxyl groups is 1. The van der Waals surface area contributed by atoms with Crippen LogP contribution >= 0.6 is 0 Å². The highest BCUT2D eigenvalue weighted by molar-refractivity contribution is 5.98. The van der Waals surface area contributed by atoms with Gasteiger partial charge in [0, 0.05) is 12.2 Å². The Balaban J connectivity index is 1.80. The Morgan fingerprint density at radius 2 is 1.71 bits per heavy atom. The van der Waals surface area contributed by atoms with Gasteiger partial charge in [0.2, 0.25) is 5.88 Å². The van der Waals surface area contributed by atoms with Gasteiger partial charge in [-0.3, -0.25) is 14.3 Å². The fraction of sp³-hybridized carbons (Fsp3) is 0.100. The number of carbonyl (C=O) groups excluding carboxylic acids is 1. The molecule has 142 valence electrons. The number of aliphatic imine (C=N–C) groups is 1. The molecule has 0 bridgehead atoms. The third-order valence-corrected chi connectivity index (χ3v) is 4.01. The van der Waals surface area contributed by atoms with Crippen molar-refractivity contribution in [2.45, 2.75) is 13.0 Å². The number of urea groups is 1. The van der Waals surface area contributed by atoms with E-state index < -0.39 is 23.2 Å². The molecule has 0 aliphatic rings. The van der Waals surface area contributed by atoms with Gasteiger partial charge in [0.05, 0.1) is 6.21 Å². The molecule has 8 nitrogen and oxygen atoms in total. The molecule has 8 heteroatoms. The van der Waals surface area contributed by atoms with Crippen LogP contribution in [0.4, 0.5) is 10.5 Å². The smallest absolute Gasteiger partial charge is 0.345 e. The van der Waals surface area contributed by atoms with Crippen molar-refractivity contribution in [1.29, 1.82) is 0 Å². The summed E-state index contributed by atoms with van der Waals surface area (Å²) in [5.74, 6) is -0.541. The number of benzene rings is 2. The maximum absolute atomic E-state index is 12.0. The van der Waals surface area contributed by atoms with Gasteiger partial charge in [0.15, 0.2) is 0 Å². The van der Waals surface area contributed by atoms with Gasteiger partial charge in [0.25, 0.3) is 5.56 Å². The van der Waals surface area contributed by atoms with E-state index in [9.17, 15) is 19.5 Å². The molecule has 1 aromatic heterocycles. The average Bonchev–Trinajstić information content (AvgIpc) is 2.69. The number of H-pyrrole nitrogens is 1. The number of nitrogens with one attached hydrogen (secondary N) is 2. The average molecular weight is 378 g/mol. The van der Waals surface area contributed by atoms with E-state index in [0.717, 1.165) is 16.3 Å². The number of aromatic nitrogens is 2. The maximum Gasteiger partial charge on any atom is 0.345 e. The van der Waals surface area contributed by atoms with Crippen LogP contribution in [0.15, 0.2) is 75.2 Å². The Bertz CT molecular complexity index is 1100. The number of anilines is 1. The highest BCUT2D eigenvalue weighted by Gasteiger charge is 2.13. The summed E-state index contributed by atoms with van der Waals surface area (Å²) in [4.78, 5) is 41.7. The van der Waals surface area contributed by atoms with Gasteiger partial charge >= 0.3 is 11.7 Å². The number of rotatable bonds is 5. The highest BCUT2D eigenvalue weighted by Crippen LogP contribution is 2.10. The van der Waals surface area contributed by atoms with Crippen LogP contribution < -0.4 is 16.6 Å². The molecule has 0 saturated heterocycles. The summed E-state index contributed by atoms with van der Waals surface area (Å²) in [6.07, 6.45) is 1.41. The number of aryl methyl sites for hydroxylation is 1. The summed E-state index contributed by atoms with van der Waals surface area (Å²) >= 11 is 0. The Hall–Kier alpha value is -3.94. The third kappa shape index (κ3) is 4.61. The van der Waals surface area contributed by atoms with E-state index in [1.165, 1.54) is 0 Å². The van der Waals surface area contributed by atoms with Gasteiger partial charge in [-0.15, -0.1) is 0 Å². The van der Waals surface area contributed by atoms with Crippen LogP contribution in [0.2, 0.25) is 0 Å². The van der Waals surface area contributed by atoms with E-state index in [0.29, 0.717) is 12.1 Å². The van der Waals surface area contributed by atoms with Crippen molar-refractivity contribution in [3.8, 4) is 5.88 Å². The molecule has 2 amide bonds. The van der Waals surface area contributed by atoms with Crippen LogP contribution in [0.1, 0.15) is 11.1 Å². The van der Waals surface area contributed by atoms with Crippen LogP contribution in [0.25, 0.3) is 0 Å². The molecule has 0 saturated carbocycles. The zero-order valence-electron chi connectivity index (χ0n) is 14.8. The number of aromatic amines is 1. The molecular formula is C20H18N4O4. The number of carbonyl (C=O) groups is 1.